The van der Waals surface area contributed by atoms with E-state index in [1.807, 2.05) is 0 Å². The van der Waals surface area contributed by atoms with E-state index in [1.165, 1.54) is 16.9 Å². The van der Waals surface area contributed by atoms with Crippen molar-refractivity contribution in [3.63, 3.8) is 0 Å². The normalized spacial score (nSPS) is 11.8. The molecule has 6 heteroatoms. The first-order valence-electron chi connectivity index (χ1n) is 5.84. The van der Waals surface area contributed by atoms with Crippen LogP contribution in [-0.4, -0.2) is 16.3 Å². The van der Waals surface area contributed by atoms with Crippen molar-refractivity contribution in [3.05, 3.63) is 47.3 Å². The van der Waals surface area contributed by atoms with Crippen LogP contribution in [0.25, 0.3) is 5.69 Å². The second kappa shape index (κ2) is 5.05. The largest absolute Gasteiger partial charge is 0.418 e. The third-order valence-electron chi connectivity index (χ3n) is 2.77. The van der Waals surface area contributed by atoms with E-state index in [9.17, 15) is 13.2 Å². The minimum atomic E-state index is -4.42. The predicted molar refractivity (Wildman–Crippen MR) is 66.1 cm³/mol. The molecule has 0 fully saturated rings. The van der Waals surface area contributed by atoms with Crippen LogP contribution in [0.1, 0.15) is 16.8 Å². The second-order valence-corrected chi connectivity index (χ2v) is 4.29. The number of halogens is 3. The number of aryl methyl sites for hydroxylation is 1. The number of benzene rings is 1. The van der Waals surface area contributed by atoms with E-state index in [0.717, 1.165) is 6.07 Å². The lowest BCUT2D eigenvalue weighted by Gasteiger charge is -2.14. The van der Waals surface area contributed by atoms with Gasteiger partial charge in [-0.1, -0.05) is 6.07 Å². The zero-order valence-corrected chi connectivity index (χ0v) is 10.4. The molecular weight excluding hydrogens is 255 g/mol. The lowest BCUT2D eigenvalue weighted by Crippen LogP contribution is -2.13. The molecule has 1 heterocycles. The Morgan fingerprint density at radius 3 is 2.53 bits per heavy atom. The third kappa shape index (κ3) is 2.96. The highest BCUT2D eigenvalue weighted by molar-refractivity contribution is 5.45. The molecular formula is C13H14F3N3. The molecule has 0 atom stereocenters. The van der Waals surface area contributed by atoms with Crippen LogP contribution in [0, 0.1) is 6.92 Å². The van der Waals surface area contributed by atoms with Crippen LogP contribution in [0.2, 0.25) is 0 Å². The Morgan fingerprint density at radius 1 is 1.26 bits per heavy atom. The van der Waals surface area contributed by atoms with Crippen LogP contribution >= 0.6 is 0 Å². The first-order valence-corrected chi connectivity index (χ1v) is 5.84. The van der Waals surface area contributed by atoms with Crippen molar-refractivity contribution >= 4 is 0 Å². The third-order valence-corrected chi connectivity index (χ3v) is 2.77. The molecule has 102 valence electrons. The molecule has 1 aromatic heterocycles. The number of hydrogen-bond acceptors (Lipinski definition) is 2. The second-order valence-electron chi connectivity index (χ2n) is 4.29. The van der Waals surface area contributed by atoms with Crippen LogP contribution in [-0.2, 0) is 12.6 Å². The molecule has 0 aliphatic carbocycles. The van der Waals surface area contributed by atoms with Crippen molar-refractivity contribution in [2.24, 2.45) is 5.73 Å². The summed E-state index contributed by atoms with van der Waals surface area (Å²) in [7, 11) is 0. The van der Waals surface area contributed by atoms with Gasteiger partial charge in [-0.2, -0.15) is 18.3 Å². The molecule has 0 aliphatic rings. The van der Waals surface area contributed by atoms with Crippen molar-refractivity contribution in [1.82, 2.24) is 9.78 Å². The number of rotatable bonds is 3. The molecule has 0 saturated heterocycles. The van der Waals surface area contributed by atoms with E-state index in [1.54, 1.807) is 19.1 Å². The summed E-state index contributed by atoms with van der Waals surface area (Å²) in [6.07, 6.45) is -2.48. The molecule has 19 heavy (non-hydrogen) atoms. The number of nitrogens with zero attached hydrogens (tertiary/aromatic N) is 2. The van der Waals surface area contributed by atoms with Gasteiger partial charge in [0.25, 0.3) is 0 Å². The minimum Gasteiger partial charge on any atom is -0.330 e. The monoisotopic (exact) mass is 269 g/mol. The summed E-state index contributed by atoms with van der Waals surface area (Å²) in [5, 5.41) is 4.02. The number of aromatic nitrogens is 2. The van der Waals surface area contributed by atoms with Crippen LogP contribution in [0.4, 0.5) is 13.2 Å². The van der Waals surface area contributed by atoms with E-state index in [2.05, 4.69) is 5.10 Å². The first kappa shape index (κ1) is 13.6. The average molecular weight is 269 g/mol. The molecule has 0 spiro atoms. The zero-order valence-electron chi connectivity index (χ0n) is 10.4. The Bertz CT molecular complexity index is 573. The fourth-order valence-corrected chi connectivity index (χ4v) is 1.88. The van der Waals surface area contributed by atoms with Gasteiger partial charge < -0.3 is 5.73 Å². The van der Waals surface area contributed by atoms with Gasteiger partial charge in [-0.3, -0.25) is 0 Å². The number of hydrogen-bond donors (Lipinski definition) is 1. The van der Waals surface area contributed by atoms with Gasteiger partial charge in [0.2, 0.25) is 0 Å². The molecule has 2 N–H and O–H groups in total. The average Bonchev–Trinajstić information content (AvgIpc) is 2.75. The fraction of sp³-hybridized carbons (Fsp3) is 0.308. The summed E-state index contributed by atoms with van der Waals surface area (Å²) in [6.45, 7) is 2.05. The lowest BCUT2D eigenvalue weighted by molar-refractivity contribution is -0.137. The van der Waals surface area contributed by atoms with Crippen molar-refractivity contribution < 1.29 is 13.2 Å². The van der Waals surface area contributed by atoms with Gasteiger partial charge in [0.05, 0.1) is 16.9 Å². The molecule has 0 unspecified atom stereocenters. The number of alkyl halides is 3. The van der Waals surface area contributed by atoms with Crippen LogP contribution in [0.5, 0.6) is 0 Å². The maximum absolute atomic E-state index is 13.1. The Labute approximate surface area is 108 Å². The lowest BCUT2D eigenvalue weighted by atomic mass is 10.1. The van der Waals surface area contributed by atoms with E-state index in [-0.39, 0.29) is 5.69 Å². The van der Waals surface area contributed by atoms with Crippen molar-refractivity contribution in [2.45, 2.75) is 19.5 Å². The van der Waals surface area contributed by atoms with Crippen molar-refractivity contribution in [1.29, 1.82) is 0 Å². The Hall–Kier alpha value is -1.82. The summed E-state index contributed by atoms with van der Waals surface area (Å²) in [5.41, 5.74) is 5.95. The smallest absolute Gasteiger partial charge is 0.330 e. The molecule has 1 aromatic carbocycles. The quantitative estimate of drug-likeness (QED) is 0.931. The predicted octanol–water partition coefficient (Wildman–Crippen LogP) is 2.70. The summed E-state index contributed by atoms with van der Waals surface area (Å²) in [4.78, 5) is 0. The summed E-state index contributed by atoms with van der Waals surface area (Å²) in [5.74, 6) is 0. The van der Waals surface area contributed by atoms with Gasteiger partial charge >= 0.3 is 6.18 Å². The molecule has 0 bridgehead atoms. The Morgan fingerprint density at radius 2 is 2.00 bits per heavy atom. The molecule has 0 saturated carbocycles. The van der Waals surface area contributed by atoms with Gasteiger partial charge in [-0.05, 0) is 43.7 Å². The van der Waals surface area contributed by atoms with Crippen molar-refractivity contribution in [2.75, 3.05) is 6.54 Å². The Kier molecular flexibility index (Phi) is 3.61. The Balaban J connectivity index is 2.54. The SMILES string of the molecule is Cc1ccn(-c2ccc(CCN)cc2C(F)(F)F)n1. The fourth-order valence-electron chi connectivity index (χ4n) is 1.88. The van der Waals surface area contributed by atoms with Gasteiger partial charge in [-0.25, -0.2) is 4.68 Å². The molecule has 0 radical (unpaired) electrons. The van der Waals surface area contributed by atoms with Crippen molar-refractivity contribution in [3.8, 4) is 5.69 Å². The minimum absolute atomic E-state index is 0.0290. The van der Waals surface area contributed by atoms with Gasteiger partial charge in [0.15, 0.2) is 0 Å². The van der Waals surface area contributed by atoms with Crippen LogP contribution < -0.4 is 5.73 Å². The van der Waals surface area contributed by atoms with E-state index < -0.39 is 11.7 Å². The van der Waals surface area contributed by atoms with E-state index in [4.69, 9.17) is 5.73 Å². The standard InChI is InChI=1S/C13H14F3N3/c1-9-5-7-19(18-9)12-3-2-10(4-6-17)8-11(12)13(14,15)16/h2-3,5,7-8H,4,6,17H2,1H3. The van der Waals surface area contributed by atoms with Gasteiger partial charge in [0.1, 0.15) is 0 Å². The maximum atomic E-state index is 13.1. The van der Waals surface area contributed by atoms with E-state index >= 15 is 0 Å². The molecule has 3 nitrogen and oxygen atoms in total. The highest BCUT2D eigenvalue weighted by Crippen LogP contribution is 2.34. The molecule has 2 rings (SSSR count). The van der Waals surface area contributed by atoms with Crippen LogP contribution in [0.3, 0.4) is 0 Å². The summed E-state index contributed by atoms with van der Waals surface area (Å²) < 4.78 is 40.5. The molecule has 0 amide bonds. The highest BCUT2D eigenvalue weighted by Gasteiger charge is 2.34. The van der Waals surface area contributed by atoms with Gasteiger partial charge in [-0.15, -0.1) is 0 Å². The topological polar surface area (TPSA) is 43.8 Å². The van der Waals surface area contributed by atoms with Crippen LogP contribution in [0.15, 0.2) is 30.5 Å². The zero-order chi connectivity index (χ0) is 14.0. The molecule has 2 aromatic rings. The molecule has 0 aliphatic heterocycles. The highest BCUT2D eigenvalue weighted by atomic mass is 19.4. The number of nitrogens with two attached hydrogens (primary N) is 1. The van der Waals surface area contributed by atoms with E-state index in [0.29, 0.717) is 24.2 Å². The first-order chi connectivity index (χ1) is 8.91. The van der Waals surface area contributed by atoms with Gasteiger partial charge in [0, 0.05) is 6.20 Å². The summed E-state index contributed by atoms with van der Waals surface area (Å²) >= 11 is 0. The maximum Gasteiger partial charge on any atom is 0.418 e. The summed E-state index contributed by atoms with van der Waals surface area (Å²) in [6, 6.07) is 5.88.